The second-order valence-corrected chi connectivity index (χ2v) is 26.3. The fourth-order valence-electron chi connectivity index (χ4n) is 16.2. The van der Waals surface area contributed by atoms with Crippen LogP contribution in [-0.2, 0) is 43.9 Å². The molecule has 13 rings (SSSR count). The van der Waals surface area contributed by atoms with Gasteiger partial charge in [-0.3, -0.25) is 0 Å². The highest BCUT2D eigenvalue weighted by Gasteiger charge is 2.38. The number of hydrogen-bond acceptors (Lipinski definition) is 5. The molecule has 4 N–H and O–H groups in total. The maximum Gasteiger partial charge on any atom is 0.135 e. The molecule has 16 bridgehead atoms. The monoisotopic (exact) mass is 1190 g/mol. The Morgan fingerprint density at radius 2 is 0.689 bits per heavy atom. The van der Waals surface area contributed by atoms with Crippen LogP contribution in [0.3, 0.4) is 0 Å². The number of ether oxygens (including phenoxy) is 1. The fourth-order valence-corrected chi connectivity index (χ4v) is 16.2. The Kier molecular flexibility index (Phi) is 15.4. The molecule has 0 amide bonds. The predicted molar refractivity (Wildman–Crippen MR) is 380 cm³/mol. The molecule has 8 aromatic rings. The average Bonchev–Trinajstić information content (AvgIpc) is 1.16. The quantitative estimate of drug-likeness (QED) is 0.0970. The first-order chi connectivity index (χ1) is 43.3. The van der Waals surface area contributed by atoms with Crippen LogP contribution < -0.4 is 4.74 Å². The Hall–Kier alpha value is -8.56. The van der Waals surface area contributed by atoms with Crippen molar-refractivity contribution in [2.45, 2.75) is 194 Å². The maximum atomic E-state index is 7.75. The van der Waals surface area contributed by atoms with Crippen molar-refractivity contribution >= 4 is 88.7 Å². The van der Waals surface area contributed by atoms with Gasteiger partial charge in [-0.25, -0.2) is 19.9 Å². The lowest BCUT2D eigenvalue weighted by atomic mass is 9.74. The molecule has 9 heteroatoms. The second-order valence-electron chi connectivity index (χ2n) is 26.3. The minimum atomic E-state index is -0.414. The Morgan fingerprint density at radius 1 is 0.344 bits per heavy atom. The van der Waals surface area contributed by atoms with Crippen molar-refractivity contribution in [1.82, 2.24) is 39.9 Å². The van der Waals surface area contributed by atoms with E-state index < -0.39 is 5.41 Å². The van der Waals surface area contributed by atoms with Gasteiger partial charge in [-0.2, -0.15) is 0 Å². The summed E-state index contributed by atoms with van der Waals surface area (Å²) >= 11 is 0. The lowest BCUT2D eigenvalue weighted by Crippen LogP contribution is -2.25. The molecular formula is C81H90N8O. The molecule has 460 valence electrons. The predicted octanol–water partition coefficient (Wildman–Crippen LogP) is 21.4. The van der Waals surface area contributed by atoms with E-state index in [1.165, 1.54) is 100 Å². The summed E-state index contributed by atoms with van der Waals surface area (Å²) in [7, 11) is 0. The summed E-state index contributed by atoms with van der Waals surface area (Å²) < 4.78 is 7.75. The van der Waals surface area contributed by atoms with E-state index in [4.69, 9.17) is 24.7 Å². The van der Waals surface area contributed by atoms with E-state index in [1.807, 2.05) is 0 Å². The minimum absolute atomic E-state index is 0.414. The summed E-state index contributed by atoms with van der Waals surface area (Å²) in [5.41, 5.74) is 43.7. The first kappa shape index (κ1) is 60.4. The minimum Gasteiger partial charge on any atom is -0.456 e. The van der Waals surface area contributed by atoms with Gasteiger partial charge in [0.15, 0.2) is 0 Å². The van der Waals surface area contributed by atoms with Gasteiger partial charge in [-0.05, 0) is 243 Å². The molecule has 11 heterocycles. The lowest BCUT2D eigenvalue weighted by molar-refractivity contribution is 0.410. The summed E-state index contributed by atoms with van der Waals surface area (Å²) in [5, 5.41) is 0. The number of fused-ring (bicyclic) bond motifs is 18. The normalized spacial score (nSPS) is 14.6. The van der Waals surface area contributed by atoms with Crippen LogP contribution in [0.1, 0.15) is 246 Å². The average molecular weight is 1190 g/mol. The molecule has 0 atom stereocenters. The van der Waals surface area contributed by atoms with E-state index in [0.29, 0.717) is 12.8 Å². The molecule has 0 saturated heterocycles. The molecular weight excluding hydrogens is 1100 g/mol. The van der Waals surface area contributed by atoms with Gasteiger partial charge >= 0.3 is 0 Å². The summed E-state index contributed by atoms with van der Waals surface area (Å²) in [6.07, 6.45) is 8.22. The molecule has 6 aromatic heterocycles. The highest BCUT2D eigenvalue weighted by atomic mass is 16.5. The van der Waals surface area contributed by atoms with Gasteiger partial charge in [0, 0.05) is 84.6 Å². The first-order valence-corrected chi connectivity index (χ1v) is 33.5. The number of nitrogens with one attached hydrogen (secondary N) is 4. The molecule has 2 aromatic carbocycles. The van der Waals surface area contributed by atoms with Crippen molar-refractivity contribution < 1.29 is 4.74 Å². The number of aryl methyl sites for hydroxylation is 8. The van der Waals surface area contributed by atoms with E-state index in [9.17, 15) is 0 Å². The zero-order chi connectivity index (χ0) is 63.5. The molecule has 0 unspecified atom stereocenters. The maximum absolute atomic E-state index is 7.75. The van der Waals surface area contributed by atoms with Crippen molar-refractivity contribution in [3.63, 3.8) is 0 Å². The van der Waals surface area contributed by atoms with E-state index >= 15 is 0 Å². The van der Waals surface area contributed by atoms with Gasteiger partial charge in [-0.15, -0.1) is 0 Å². The molecule has 5 aliphatic rings. The van der Waals surface area contributed by atoms with Gasteiger partial charge in [0.25, 0.3) is 0 Å². The Balaban J connectivity index is 1.04. The zero-order valence-electron chi connectivity index (χ0n) is 56.7. The van der Waals surface area contributed by atoms with Crippen LogP contribution in [0.4, 0.5) is 0 Å². The van der Waals surface area contributed by atoms with Crippen LogP contribution in [-0.4, -0.2) is 39.9 Å². The number of aromatic nitrogens is 8. The van der Waals surface area contributed by atoms with E-state index in [-0.39, 0.29) is 0 Å². The third-order valence-electron chi connectivity index (χ3n) is 21.4. The van der Waals surface area contributed by atoms with Crippen LogP contribution in [0, 0.1) is 27.7 Å². The highest BCUT2D eigenvalue weighted by Crippen LogP contribution is 2.53. The summed E-state index contributed by atoms with van der Waals surface area (Å²) in [6, 6.07) is 27.4. The number of allylic oxidation sites excluding steroid dienone is 8. The Morgan fingerprint density at radius 3 is 1.11 bits per heavy atom. The van der Waals surface area contributed by atoms with Gasteiger partial charge in [0.2, 0.25) is 0 Å². The van der Waals surface area contributed by atoms with Crippen molar-refractivity contribution in [2.75, 3.05) is 0 Å². The van der Waals surface area contributed by atoms with Crippen molar-refractivity contribution in [3.8, 4) is 11.5 Å². The van der Waals surface area contributed by atoms with Crippen molar-refractivity contribution in [1.29, 1.82) is 0 Å². The van der Waals surface area contributed by atoms with E-state index in [0.717, 1.165) is 175 Å². The standard InChI is InChI=1S/C81H90N8O/c1-19-51-41(9)63-35-71-55(23-5)45(13)75(86-71)59(76-46(14)56(24-6)72(87-76)36-64-42(10)52(20-2)68(83-64)39-67(51)82-63)33-49-29-27-31-61-79(49)90-80-50(30-28-32-62(80)81(61,17)18)34-60-77-47(15)57(25-7)73(88-77)37-65-43(11)53(21-3)69(84-65)40-70-54(22-4)44(12)66(85-70)38-74-58(26-8)48(16)78(60)89-74/h27-32,35-40,82-84,89H,19-26,33-34H2,1-18H3. The van der Waals surface area contributed by atoms with E-state index in [1.54, 1.807) is 0 Å². The second kappa shape index (κ2) is 23.0. The zero-order valence-corrected chi connectivity index (χ0v) is 56.7. The third kappa shape index (κ3) is 9.45. The topological polar surface area (TPSA) is 124 Å². The molecule has 90 heavy (non-hydrogen) atoms. The van der Waals surface area contributed by atoms with Crippen LogP contribution >= 0.6 is 0 Å². The van der Waals surface area contributed by atoms with Crippen LogP contribution in [0.15, 0.2) is 72.8 Å². The lowest BCUT2D eigenvalue weighted by Gasteiger charge is -2.36. The fraction of sp³-hybridized carbons (Fsp3) is 0.358. The molecule has 0 saturated carbocycles. The number of benzene rings is 2. The van der Waals surface area contributed by atoms with Crippen LogP contribution in [0.25, 0.3) is 88.7 Å². The van der Waals surface area contributed by atoms with Gasteiger partial charge < -0.3 is 24.7 Å². The number of rotatable bonds is 12. The van der Waals surface area contributed by atoms with Gasteiger partial charge in [-0.1, -0.05) is 106 Å². The number of para-hydroxylation sites is 2. The Bertz CT molecular complexity index is 4770. The molecule has 0 spiro atoms. The van der Waals surface area contributed by atoms with Gasteiger partial charge in [0.1, 0.15) is 11.5 Å². The van der Waals surface area contributed by atoms with Crippen molar-refractivity contribution in [2.24, 2.45) is 0 Å². The van der Waals surface area contributed by atoms with Crippen LogP contribution in [0.2, 0.25) is 0 Å². The molecule has 0 radical (unpaired) electrons. The Labute approximate surface area is 532 Å². The van der Waals surface area contributed by atoms with Crippen molar-refractivity contribution in [3.05, 3.63) is 196 Å². The molecule has 5 aliphatic heterocycles. The first-order valence-electron chi connectivity index (χ1n) is 33.5. The number of aromatic amines is 4. The highest BCUT2D eigenvalue weighted by molar-refractivity contribution is 5.99. The van der Waals surface area contributed by atoms with Crippen LogP contribution in [0.5, 0.6) is 11.5 Å². The number of nitrogens with zero attached hydrogens (tertiary/aromatic N) is 4. The SMILES string of the molecule is CCC1=C(C)c2cc3[nH]c(c(C)c3CC)c(Cc3cccc4c3Oc3c(Cc5c6nc(cc7[nH]c(cc8[nH]c(cc9nc5C(C)=C9CC)c(C)c8CC)c(CC)c7C)C(CC)=C6C)cccc3C4(C)C)c3nc(cc4[nH]c(cc1n2)c(CC)c4C)C(CC)=C3C. The summed E-state index contributed by atoms with van der Waals surface area (Å²) in [5.74, 6) is 1.82. The number of hydrogen-bond donors (Lipinski definition) is 4. The summed E-state index contributed by atoms with van der Waals surface area (Å²) in [6.45, 7) is 41.0. The largest absolute Gasteiger partial charge is 0.456 e. The molecule has 9 nitrogen and oxygen atoms in total. The molecule has 0 fully saturated rings. The third-order valence-corrected chi connectivity index (χ3v) is 21.4. The molecule has 0 aliphatic carbocycles. The van der Waals surface area contributed by atoms with Gasteiger partial charge in [0.05, 0.1) is 45.6 Å². The smallest absolute Gasteiger partial charge is 0.135 e. The summed E-state index contributed by atoms with van der Waals surface area (Å²) in [4.78, 5) is 38.5. The van der Waals surface area contributed by atoms with E-state index in [2.05, 4.69) is 217 Å². The number of H-pyrrole nitrogens is 4.